The minimum Gasteiger partial charge on any atom is -0.508 e. The summed E-state index contributed by atoms with van der Waals surface area (Å²) in [6, 6.07) is 15.4. The van der Waals surface area contributed by atoms with E-state index in [0.29, 0.717) is 5.75 Å². The maximum Gasteiger partial charge on any atom is 0.229 e. The number of nitrogens with zero attached hydrogens (tertiary/aromatic N) is 2. The van der Waals surface area contributed by atoms with Crippen molar-refractivity contribution >= 4 is 11.6 Å². The van der Waals surface area contributed by atoms with E-state index in [9.17, 15) is 9.90 Å². The van der Waals surface area contributed by atoms with E-state index in [4.69, 9.17) is 4.74 Å². The summed E-state index contributed by atoms with van der Waals surface area (Å²) in [5.74, 6) is 1.19. The topological polar surface area (TPSA) is 53.0 Å². The van der Waals surface area contributed by atoms with Gasteiger partial charge in [-0.2, -0.15) is 0 Å². The lowest BCUT2D eigenvalue weighted by Crippen LogP contribution is -2.48. The van der Waals surface area contributed by atoms with Gasteiger partial charge in [-0.25, -0.2) is 0 Å². The van der Waals surface area contributed by atoms with Gasteiger partial charge < -0.3 is 14.7 Å². The Labute approximate surface area is 167 Å². The molecule has 2 aromatic rings. The van der Waals surface area contributed by atoms with Crippen LogP contribution in [0.2, 0.25) is 0 Å². The van der Waals surface area contributed by atoms with Crippen LogP contribution in [0, 0.1) is 5.92 Å². The SMILES string of the molecule is COc1cccc(N(C(=O)C(C)C)C2CCN(Cc3ccccc3O)CC2)c1. The third kappa shape index (κ3) is 4.65. The molecule has 0 spiro atoms. The van der Waals surface area contributed by atoms with Gasteiger partial charge in [0.15, 0.2) is 0 Å². The van der Waals surface area contributed by atoms with Gasteiger partial charge in [0.25, 0.3) is 0 Å². The number of carbonyl (C=O) groups excluding carboxylic acids is 1. The highest BCUT2D eigenvalue weighted by Gasteiger charge is 2.30. The smallest absolute Gasteiger partial charge is 0.229 e. The number of phenols is 1. The number of carbonyl (C=O) groups is 1. The lowest BCUT2D eigenvalue weighted by molar-refractivity contribution is -0.122. The summed E-state index contributed by atoms with van der Waals surface area (Å²) in [5, 5.41) is 10.0. The van der Waals surface area contributed by atoms with Crippen molar-refractivity contribution in [3.63, 3.8) is 0 Å². The van der Waals surface area contributed by atoms with Crippen molar-refractivity contribution in [3.05, 3.63) is 54.1 Å². The minimum atomic E-state index is -0.0644. The molecule has 1 amide bonds. The number of phenolic OH excluding ortho intramolecular Hbond substituents is 1. The van der Waals surface area contributed by atoms with Crippen molar-refractivity contribution in [1.29, 1.82) is 0 Å². The normalized spacial score (nSPS) is 15.6. The van der Waals surface area contributed by atoms with Crippen molar-refractivity contribution in [1.82, 2.24) is 4.90 Å². The largest absolute Gasteiger partial charge is 0.508 e. The molecule has 1 saturated heterocycles. The number of hydrogen-bond donors (Lipinski definition) is 1. The number of piperidine rings is 1. The zero-order valence-corrected chi connectivity index (χ0v) is 17.0. The number of likely N-dealkylation sites (tertiary alicyclic amines) is 1. The van der Waals surface area contributed by atoms with Crippen LogP contribution >= 0.6 is 0 Å². The fourth-order valence-corrected chi connectivity index (χ4v) is 3.78. The zero-order chi connectivity index (χ0) is 20.1. The van der Waals surface area contributed by atoms with Crippen LogP contribution < -0.4 is 9.64 Å². The van der Waals surface area contributed by atoms with E-state index >= 15 is 0 Å². The number of aromatic hydroxyl groups is 1. The molecule has 1 heterocycles. The molecule has 1 aliphatic rings. The molecule has 0 radical (unpaired) electrons. The summed E-state index contributed by atoms with van der Waals surface area (Å²) >= 11 is 0. The maximum atomic E-state index is 13.0. The number of methoxy groups -OCH3 is 1. The fraction of sp³-hybridized carbons (Fsp3) is 0.435. The molecule has 0 bridgehead atoms. The second-order valence-electron chi connectivity index (χ2n) is 7.70. The van der Waals surface area contributed by atoms with Crippen molar-refractivity contribution < 1.29 is 14.6 Å². The molecule has 0 unspecified atom stereocenters. The molecule has 3 rings (SSSR count). The molecular formula is C23H30N2O3. The second kappa shape index (κ2) is 9.11. The Hall–Kier alpha value is -2.53. The summed E-state index contributed by atoms with van der Waals surface area (Å²) in [7, 11) is 1.64. The van der Waals surface area contributed by atoms with Crippen LogP contribution in [0.15, 0.2) is 48.5 Å². The van der Waals surface area contributed by atoms with Crippen molar-refractivity contribution in [2.75, 3.05) is 25.1 Å². The summed E-state index contributed by atoms with van der Waals surface area (Å²) in [4.78, 5) is 17.3. The van der Waals surface area contributed by atoms with Gasteiger partial charge in [-0.3, -0.25) is 9.69 Å². The number of amides is 1. The maximum absolute atomic E-state index is 13.0. The lowest BCUT2D eigenvalue weighted by atomic mass is 9.99. The van der Waals surface area contributed by atoms with Crippen molar-refractivity contribution in [3.8, 4) is 11.5 Å². The lowest BCUT2D eigenvalue weighted by Gasteiger charge is -2.39. The zero-order valence-electron chi connectivity index (χ0n) is 17.0. The van der Waals surface area contributed by atoms with Crippen LogP contribution in [0.5, 0.6) is 11.5 Å². The molecule has 1 fully saturated rings. The van der Waals surface area contributed by atoms with Gasteiger partial charge in [0.05, 0.1) is 7.11 Å². The molecule has 28 heavy (non-hydrogen) atoms. The van der Waals surface area contributed by atoms with E-state index in [0.717, 1.165) is 49.5 Å². The first kappa shape index (κ1) is 20.2. The first-order valence-electron chi connectivity index (χ1n) is 9.96. The van der Waals surface area contributed by atoms with Gasteiger partial charge in [0.1, 0.15) is 11.5 Å². The standard InChI is InChI=1S/C23H30N2O3/c1-17(2)23(27)25(20-8-6-9-21(15-20)28-3)19-11-13-24(14-12-19)16-18-7-4-5-10-22(18)26/h4-10,15,17,19,26H,11-14,16H2,1-3H3. The molecular weight excluding hydrogens is 352 g/mol. The van der Waals surface area contributed by atoms with Gasteiger partial charge in [0, 0.05) is 48.9 Å². The van der Waals surface area contributed by atoms with Crippen LogP contribution in [-0.2, 0) is 11.3 Å². The third-order valence-corrected chi connectivity index (χ3v) is 5.37. The number of anilines is 1. The van der Waals surface area contributed by atoms with Gasteiger partial charge >= 0.3 is 0 Å². The Morgan fingerprint density at radius 3 is 2.54 bits per heavy atom. The Morgan fingerprint density at radius 1 is 1.18 bits per heavy atom. The van der Waals surface area contributed by atoms with Gasteiger partial charge in [-0.1, -0.05) is 38.1 Å². The van der Waals surface area contributed by atoms with Crippen LogP contribution in [-0.4, -0.2) is 42.2 Å². The van der Waals surface area contributed by atoms with Crippen molar-refractivity contribution in [2.45, 2.75) is 39.3 Å². The molecule has 1 aliphatic heterocycles. The molecule has 2 aromatic carbocycles. The van der Waals surface area contributed by atoms with E-state index in [1.807, 2.05) is 61.2 Å². The Bertz CT molecular complexity index is 798. The van der Waals surface area contributed by atoms with Crippen molar-refractivity contribution in [2.24, 2.45) is 5.92 Å². The number of rotatable bonds is 6. The highest BCUT2D eigenvalue weighted by molar-refractivity contribution is 5.95. The highest BCUT2D eigenvalue weighted by atomic mass is 16.5. The number of hydrogen-bond acceptors (Lipinski definition) is 4. The van der Waals surface area contributed by atoms with Crippen LogP contribution in [0.3, 0.4) is 0 Å². The average Bonchev–Trinajstić information content (AvgIpc) is 2.71. The van der Waals surface area contributed by atoms with Gasteiger partial charge in [-0.05, 0) is 31.0 Å². The minimum absolute atomic E-state index is 0.0644. The monoisotopic (exact) mass is 382 g/mol. The van der Waals surface area contributed by atoms with Gasteiger partial charge in [0.2, 0.25) is 5.91 Å². The first-order valence-corrected chi connectivity index (χ1v) is 9.96. The Balaban J connectivity index is 1.72. The summed E-state index contributed by atoms with van der Waals surface area (Å²) in [6.07, 6.45) is 1.81. The Morgan fingerprint density at radius 2 is 1.89 bits per heavy atom. The molecule has 150 valence electrons. The van der Waals surface area contributed by atoms with Crippen LogP contribution in [0.1, 0.15) is 32.3 Å². The van der Waals surface area contributed by atoms with Crippen LogP contribution in [0.4, 0.5) is 5.69 Å². The summed E-state index contributed by atoms with van der Waals surface area (Å²) < 4.78 is 5.36. The van der Waals surface area contributed by atoms with E-state index in [-0.39, 0.29) is 17.9 Å². The molecule has 0 aliphatic carbocycles. The third-order valence-electron chi connectivity index (χ3n) is 5.37. The highest BCUT2D eigenvalue weighted by Crippen LogP contribution is 2.29. The molecule has 5 heteroatoms. The molecule has 0 atom stereocenters. The van der Waals surface area contributed by atoms with E-state index in [1.54, 1.807) is 13.2 Å². The number of ether oxygens (including phenoxy) is 1. The first-order chi connectivity index (χ1) is 13.5. The predicted molar refractivity (Wildman–Crippen MR) is 112 cm³/mol. The molecule has 1 N–H and O–H groups in total. The molecule has 0 aromatic heterocycles. The molecule has 5 nitrogen and oxygen atoms in total. The summed E-state index contributed by atoms with van der Waals surface area (Å²) in [5.41, 5.74) is 1.85. The molecule has 0 saturated carbocycles. The predicted octanol–water partition coefficient (Wildman–Crippen LogP) is 4.05. The second-order valence-corrected chi connectivity index (χ2v) is 7.70. The van der Waals surface area contributed by atoms with E-state index in [1.165, 1.54) is 0 Å². The van der Waals surface area contributed by atoms with E-state index in [2.05, 4.69) is 4.90 Å². The van der Waals surface area contributed by atoms with Gasteiger partial charge in [-0.15, -0.1) is 0 Å². The number of benzene rings is 2. The Kier molecular flexibility index (Phi) is 6.57. The fourth-order valence-electron chi connectivity index (χ4n) is 3.78. The summed E-state index contributed by atoms with van der Waals surface area (Å²) in [6.45, 7) is 6.41. The quantitative estimate of drug-likeness (QED) is 0.819. The van der Waals surface area contributed by atoms with E-state index < -0.39 is 0 Å². The van der Waals surface area contributed by atoms with Crippen LogP contribution in [0.25, 0.3) is 0 Å². The average molecular weight is 383 g/mol. The number of para-hydroxylation sites is 1.